The maximum absolute atomic E-state index is 12.9. The summed E-state index contributed by atoms with van der Waals surface area (Å²) >= 11 is 1.74. The van der Waals surface area contributed by atoms with Crippen LogP contribution in [0.5, 0.6) is 5.75 Å². The van der Waals surface area contributed by atoms with Gasteiger partial charge in [-0.25, -0.2) is 0 Å². The summed E-state index contributed by atoms with van der Waals surface area (Å²) in [5, 5.41) is 2.08. The minimum Gasteiger partial charge on any atom is -0.487 e. The molecular formula is C17H18N2O2S. The van der Waals surface area contributed by atoms with Gasteiger partial charge in [0.15, 0.2) is 0 Å². The molecule has 1 saturated heterocycles. The molecule has 114 valence electrons. The van der Waals surface area contributed by atoms with E-state index in [-0.39, 0.29) is 18.1 Å². The third kappa shape index (κ3) is 2.30. The third-order valence-corrected chi connectivity index (χ3v) is 5.30. The summed E-state index contributed by atoms with van der Waals surface area (Å²) in [5.41, 5.74) is 0.861. The number of likely N-dealkylation sites (tertiary alicyclic amines) is 1. The van der Waals surface area contributed by atoms with Crippen molar-refractivity contribution >= 4 is 22.9 Å². The van der Waals surface area contributed by atoms with Gasteiger partial charge in [0.25, 0.3) is 0 Å². The number of para-hydroxylation sites is 2. The van der Waals surface area contributed by atoms with Crippen molar-refractivity contribution in [3.05, 3.63) is 46.7 Å². The highest BCUT2D eigenvalue weighted by Crippen LogP contribution is 2.35. The molecule has 5 heteroatoms. The highest BCUT2D eigenvalue weighted by atomic mass is 32.1. The molecule has 2 atom stereocenters. The van der Waals surface area contributed by atoms with E-state index in [0.717, 1.165) is 30.9 Å². The quantitative estimate of drug-likeness (QED) is 0.854. The van der Waals surface area contributed by atoms with Crippen LogP contribution in [-0.4, -0.2) is 36.5 Å². The Morgan fingerprint density at radius 2 is 2.14 bits per heavy atom. The van der Waals surface area contributed by atoms with Gasteiger partial charge >= 0.3 is 0 Å². The van der Waals surface area contributed by atoms with Crippen molar-refractivity contribution in [3.63, 3.8) is 0 Å². The minimum absolute atomic E-state index is 0.0868. The fourth-order valence-corrected chi connectivity index (χ4v) is 4.07. The van der Waals surface area contributed by atoms with Crippen LogP contribution in [0.25, 0.3) is 0 Å². The number of anilines is 1. The third-order valence-electron chi connectivity index (χ3n) is 4.44. The van der Waals surface area contributed by atoms with Crippen LogP contribution < -0.4 is 9.64 Å². The maximum atomic E-state index is 12.9. The van der Waals surface area contributed by atoms with E-state index in [2.05, 4.69) is 22.4 Å². The molecule has 2 unspecified atom stereocenters. The van der Waals surface area contributed by atoms with Crippen LogP contribution in [0, 0.1) is 0 Å². The number of rotatable bonds is 2. The number of carbonyl (C=O) groups excluding carboxylic acids is 1. The first kappa shape index (κ1) is 13.8. The highest BCUT2D eigenvalue weighted by molar-refractivity contribution is 7.09. The van der Waals surface area contributed by atoms with Gasteiger partial charge in [0.2, 0.25) is 5.91 Å². The lowest BCUT2D eigenvalue weighted by Gasteiger charge is -2.29. The van der Waals surface area contributed by atoms with Gasteiger partial charge in [-0.2, -0.15) is 0 Å². The number of ether oxygens (including phenoxy) is 1. The number of fused-ring (bicyclic) bond motifs is 3. The molecule has 2 aromatic rings. The highest BCUT2D eigenvalue weighted by Gasteiger charge is 2.41. The van der Waals surface area contributed by atoms with Crippen LogP contribution >= 0.6 is 11.3 Å². The molecule has 1 amide bonds. The summed E-state index contributed by atoms with van der Waals surface area (Å²) in [7, 11) is 1.84. The van der Waals surface area contributed by atoms with Gasteiger partial charge in [0.05, 0.1) is 11.7 Å². The number of thiophene rings is 1. The van der Waals surface area contributed by atoms with Gasteiger partial charge in [0, 0.05) is 31.4 Å². The molecule has 0 saturated carbocycles. The average Bonchev–Trinajstić information content (AvgIpc) is 3.16. The fourth-order valence-electron chi connectivity index (χ4n) is 3.34. The van der Waals surface area contributed by atoms with Crippen molar-refractivity contribution in [1.29, 1.82) is 0 Å². The molecule has 2 bridgehead atoms. The smallest absolute Gasteiger partial charge is 0.244 e. The van der Waals surface area contributed by atoms with Crippen LogP contribution in [0.15, 0.2) is 41.8 Å². The Morgan fingerprint density at radius 3 is 2.95 bits per heavy atom. The molecule has 0 aliphatic carbocycles. The predicted molar refractivity (Wildman–Crippen MR) is 87.4 cm³/mol. The Morgan fingerprint density at radius 1 is 1.27 bits per heavy atom. The van der Waals surface area contributed by atoms with E-state index in [9.17, 15) is 4.79 Å². The zero-order chi connectivity index (χ0) is 15.1. The summed E-state index contributed by atoms with van der Waals surface area (Å²) < 4.78 is 6.16. The molecule has 0 N–H and O–H groups in total. The molecular weight excluding hydrogens is 296 g/mol. The molecule has 2 aliphatic rings. The average molecular weight is 314 g/mol. The Balaban J connectivity index is 1.65. The normalized spacial score (nSPS) is 24.6. The van der Waals surface area contributed by atoms with Crippen molar-refractivity contribution in [2.45, 2.75) is 25.1 Å². The Labute approximate surface area is 133 Å². The monoisotopic (exact) mass is 314 g/mol. The Hall–Kier alpha value is -1.85. The number of hydrogen-bond donors (Lipinski definition) is 0. The minimum atomic E-state index is -0.0922. The number of carbonyl (C=O) groups is 1. The molecule has 2 aliphatic heterocycles. The molecule has 4 rings (SSSR count). The SMILES string of the molecule is CN1C(=O)C2CC(CN2Cc2cccs2)Oc2ccccc21. The number of hydrogen-bond acceptors (Lipinski definition) is 4. The topological polar surface area (TPSA) is 32.8 Å². The van der Waals surface area contributed by atoms with Crippen LogP contribution in [-0.2, 0) is 11.3 Å². The van der Waals surface area contributed by atoms with Crippen molar-refractivity contribution in [2.75, 3.05) is 18.5 Å². The standard InChI is InChI=1S/C17H18N2O2S/c1-18-14-6-2-3-7-16(14)21-12-9-15(17(18)20)19(10-12)11-13-5-4-8-22-13/h2-8,12,15H,9-11H2,1H3. The fraction of sp³-hybridized carbons (Fsp3) is 0.353. The second-order valence-corrected chi connectivity index (χ2v) is 6.90. The van der Waals surface area contributed by atoms with E-state index in [1.54, 1.807) is 16.2 Å². The molecule has 3 heterocycles. The number of likely N-dealkylation sites (N-methyl/N-ethyl adjacent to an activating group) is 1. The Bertz CT molecular complexity index is 686. The van der Waals surface area contributed by atoms with E-state index in [0.29, 0.717) is 0 Å². The van der Waals surface area contributed by atoms with Gasteiger partial charge in [0.1, 0.15) is 11.9 Å². The lowest BCUT2D eigenvalue weighted by atomic mass is 10.1. The van der Waals surface area contributed by atoms with Crippen molar-refractivity contribution in [1.82, 2.24) is 4.90 Å². The summed E-state index contributed by atoms with van der Waals surface area (Å²) in [6.07, 6.45) is 0.854. The van der Waals surface area contributed by atoms with Crippen LogP contribution in [0.3, 0.4) is 0 Å². The molecule has 0 spiro atoms. The number of amides is 1. The van der Waals surface area contributed by atoms with E-state index in [1.807, 2.05) is 31.3 Å². The summed E-state index contributed by atoms with van der Waals surface area (Å²) in [6.45, 7) is 1.62. The second-order valence-electron chi connectivity index (χ2n) is 5.87. The lowest BCUT2D eigenvalue weighted by molar-refractivity contribution is -0.122. The zero-order valence-corrected chi connectivity index (χ0v) is 13.3. The summed E-state index contributed by atoms with van der Waals surface area (Å²) in [6, 6.07) is 11.9. The van der Waals surface area contributed by atoms with E-state index < -0.39 is 0 Å². The van der Waals surface area contributed by atoms with Crippen molar-refractivity contribution in [2.24, 2.45) is 0 Å². The molecule has 22 heavy (non-hydrogen) atoms. The molecule has 1 aromatic heterocycles. The van der Waals surface area contributed by atoms with Gasteiger partial charge in [-0.05, 0) is 23.6 Å². The molecule has 0 radical (unpaired) electrons. The van der Waals surface area contributed by atoms with E-state index in [1.165, 1.54) is 4.88 Å². The van der Waals surface area contributed by atoms with Crippen molar-refractivity contribution < 1.29 is 9.53 Å². The van der Waals surface area contributed by atoms with Gasteiger partial charge < -0.3 is 9.64 Å². The Kier molecular flexibility index (Phi) is 3.39. The number of benzene rings is 1. The van der Waals surface area contributed by atoms with Gasteiger partial charge in [-0.15, -0.1) is 11.3 Å². The van der Waals surface area contributed by atoms with E-state index >= 15 is 0 Å². The van der Waals surface area contributed by atoms with Crippen molar-refractivity contribution in [3.8, 4) is 5.75 Å². The first-order valence-corrected chi connectivity index (χ1v) is 8.40. The summed E-state index contributed by atoms with van der Waals surface area (Å²) in [4.78, 5) is 18.2. The maximum Gasteiger partial charge on any atom is 0.244 e. The molecule has 4 nitrogen and oxygen atoms in total. The second kappa shape index (κ2) is 5.41. The number of nitrogens with zero attached hydrogens (tertiary/aromatic N) is 2. The first-order valence-electron chi connectivity index (χ1n) is 7.52. The first-order chi connectivity index (χ1) is 10.7. The largest absolute Gasteiger partial charge is 0.487 e. The summed E-state index contributed by atoms with van der Waals surface area (Å²) in [5.74, 6) is 0.967. The van der Waals surface area contributed by atoms with Crippen LogP contribution in [0.1, 0.15) is 11.3 Å². The lowest BCUT2D eigenvalue weighted by Crippen LogP contribution is -2.44. The zero-order valence-electron chi connectivity index (χ0n) is 12.4. The molecule has 1 aromatic carbocycles. The molecule has 1 fully saturated rings. The van der Waals surface area contributed by atoms with Crippen LogP contribution in [0.4, 0.5) is 5.69 Å². The van der Waals surface area contributed by atoms with E-state index in [4.69, 9.17) is 4.74 Å². The van der Waals surface area contributed by atoms with Crippen LogP contribution in [0.2, 0.25) is 0 Å². The predicted octanol–water partition coefficient (Wildman–Crippen LogP) is 2.75. The van der Waals surface area contributed by atoms with Gasteiger partial charge in [-0.3, -0.25) is 9.69 Å². The van der Waals surface area contributed by atoms with Gasteiger partial charge in [-0.1, -0.05) is 18.2 Å².